The van der Waals surface area contributed by atoms with Crippen molar-refractivity contribution in [3.63, 3.8) is 0 Å². The maximum absolute atomic E-state index is 13.1. The lowest BCUT2D eigenvalue weighted by molar-refractivity contribution is -0.140. The molecule has 5 nitrogen and oxygen atoms in total. The van der Waals surface area contributed by atoms with Gasteiger partial charge in [-0.25, -0.2) is 0 Å². The van der Waals surface area contributed by atoms with Gasteiger partial charge in [0.15, 0.2) is 0 Å². The van der Waals surface area contributed by atoms with Crippen molar-refractivity contribution in [3.8, 4) is 5.75 Å². The van der Waals surface area contributed by atoms with Gasteiger partial charge in [0.25, 0.3) is 0 Å². The first-order valence-electron chi connectivity index (χ1n) is 9.27. The fourth-order valence-electron chi connectivity index (χ4n) is 2.88. The summed E-state index contributed by atoms with van der Waals surface area (Å²) >= 11 is 6.04. The van der Waals surface area contributed by atoms with E-state index in [0.717, 1.165) is 11.1 Å². The van der Waals surface area contributed by atoms with Gasteiger partial charge in [0.05, 0.1) is 13.5 Å². The lowest BCUT2D eigenvalue weighted by atomic mass is 10.1. The van der Waals surface area contributed by atoms with Crippen LogP contribution in [0, 0.1) is 0 Å². The van der Waals surface area contributed by atoms with Crippen LogP contribution in [0.15, 0.2) is 48.5 Å². The zero-order chi connectivity index (χ0) is 20.7. The van der Waals surface area contributed by atoms with Crippen LogP contribution >= 0.6 is 11.6 Å². The Bertz CT molecular complexity index is 823. The SMILES string of the molecule is COc1cccc(CN(C(=O)Cc2cccc(Cl)c2)[C@@H](C)C(=O)NC(C)C)c1. The van der Waals surface area contributed by atoms with Crippen molar-refractivity contribution in [1.82, 2.24) is 10.2 Å². The van der Waals surface area contributed by atoms with E-state index in [1.165, 1.54) is 0 Å². The number of nitrogens with zero attached hydrogens (tertiary/aromatic N) is 1. The fraction of sp³-hybridized carbons (Fsp3) is 0.364. The minimum absolute atomic E-state index is 0.00310. The van der Waals surface area contributed by atoms with Crippen molar-refractivity contribution >= 4 is 23.4 Å². The van der Waals surface area contributed by atoms with Crippen molar-refractivity contribution in [2.24, 2.45) is 0 Å². The van der Waals surface area contributed by atoms with E-state index in [-0.39, 0.29) is 24.3 Å². The number of ether oxygens (including phenoxy) is 1. The standard InChI is InChI=1S/C22H27ClN2O3/c1-15(2)24-22(27)16(3)25(14-18-8-6-10-20(12-18)28-4)21(26)13-17-7-5-9-19(23)11-17/h5-12,15-16H,13-14H2,1-4H3,(H,24,27)/t16-/m0/s1. The molecule has 2 amide bonds. The number of amides is 2. The highest BCUT2D eigenvalue weighted by molar-refractivity contribution is 6.30. The van der Waals surface area contributed by atoms with Gasteiger partial charge >= 0.3 is 0 Å². The van der Waals surface area contributed by atoms with E-state index in [9.17, 15) is 9.59 Å². The van der Waals surface area contributed by atoms with Crippen molar-refractivity contribution < 1.29 is 14.3 Å². The highest BCUT2D eigenvalue weighted by atomic mass is 35.5. The zero-order valence-corrected chi connectivity index (χ0v) is 17.5. The van der Waals surface area contributed by atoms with Crippen LogP contribution in [0.5, 0.6) is 5.75 Å². The Kier molecular flexibility index (Phi) is 7.88. The number of carbonyl (C=O) groups excluding carboxylic acids is 2. The molecule has 2 rings (SSSR count). The van der Waals surface area contributed by atoms with Crippen LogP contribution in [0.4, 0.5) is 0 Å². The second-order valence-corrected chi connectivity index (χ2v) is 7.46. The monoisotopic (exact) mass is 402 g/mol. The second-order valence-electron chi connectivity index (χ2n) is 7.02. The van der Waals surface area contributed by atoms with Crippen LogP contribution < -0.4 is 10.1 Å². The van der Waals surface area contributed by atoms with Crippen molar-refractivity contribution in [2.75, 3.05) is 7.11 Å². The van der Waals surface area contributed by atoms with Crippen molar-refractivity contribution in [1.29, 1.82) is 0 Å². The summed E-state index contributed by atoms with van der Waals surface area (Å²) in [6, 6.07) is 14.1. The van der Waals surface area contributed by atoms with E-state index in [2.05, 4.69) is 5.32 Å². The summed E-state index contributed by atoms with van der Waals surface area (Å²) in [7, 11) is 1.60. The minimum Gasteiger partial charge on any atom is -0.497 e. The Balaban J connectivity index is 2.25. The first-order valence-corrected chi connectivity index (χ1v) is 9.65. The normalized spacial score (nSPS) is 11.8. The van der Waals surface area contributed by atoms with E-state index < -0.39 is 6.04 Å². The number of benzene rings is 2. The second kappa shape index (κ2) is 10.1. The van der Waals surface area contributed by atoms with Crippen molar-refractivity contribution in [2.45, 2.75) is 45.8 Å². The number of hydrogen-bond donors (Lipinski definition) is 1. The third-order valence-corrected chi connectivity index (χ3v) is 4.56. The quantitative estimate of drug-likeness (QED) is 0.729. The summed E-state index contributed by atoms with van der Waals surface area (Å²) in [6.45, 7) is 5.84. The molecule has 0 aliphatic heterocycles. The Morgan fingerprint density at radius 1 is 1.07 bits per heavy atom. The average molecular weight is 403 g/mol. The number of halogens is 1. The molecule has 0 bridgehead atoms. The van der Waals surface area contributed by atoms with Crippen LogP contribution in [0.3, 0.4) is 0 Å². The Morgan fingerprint density at radius 3 is 2.39 bits per heavy atom. The summed E-state index contributed by atoms with van der Waals surface area (Å²) in [6.07, 6.45) is 0.170. The molecule has 0 aromatic heterocycles. The molecule has 2 aromatic rings. The van der Waals surface area contributed by atoms with Gasteiger partial charge in [-0.2, -0.15) is 0 Å². The molecule has 150 valence electrons. The van der Waals surface area contributed by atoms with E-state index >= 15 is 0 Å². The molecule has 0 aliphatic rings. The van der Waals surface area contributed by atoms with Crippen LogP contribution in [-0.4, -0.2) is 35.9 Å². The number of rotatable bonds is 8. The molecule has 0 saturated heterocycles. The van der Waals surface area contributed by atoms with Crippen LogP contribution in [0.25, 0.3) is 0 Å². The first kappa shape index (κ1) is 21.8. The van der Waals surface area contributed by atoms with Crippen LogP contribution in [0.2, 0.25) is 5.02 Å². The number of hydrogen-bond acceptors (Lipinski definition) is 3. The molecule has 2 aromatic carbocycles. The summed E-state index contributed by atoms with van der Waals surface area (Å²) in [5, 5.41) is 3.46. The van der Waals surface area contributed by atoms with Crippen LogP contribution in [0.1, 0.15) is 31.9 Å². The first-order chi connectivity index (χ1) is 13.3. The Morgan fingerprint density at radius 2 is 1.75 bits per heavy atom. The smallest absolute Gasteiger partial charge is 0.242 e. The highest BCUT2D eigenvalue weighted by Gasteiger charge is 2.26. The van der Waals surface area contributed by atoms with Gasteiger partial charge in [-0.3, -0.25) is 9.59 Å². The average Bonchev–Trinajstić information content (AvgIpc) is 2.65. The van der Waals surface area contributed by atoms with Gasteiger partial charge in [-0.05, 0) is 56.2 Å². The molecule has 0 spiro atoms. The lowest BCUT2D eigenvalue weighted by Crippen LogP contribution is -2.49. The summed E-state index contributed by atoms with van der Waals surface area (Å²) in [4.78, 5) is 27.2. The molecule has 0 heterocycles. The maximum Gasteiger partial charge on any atom is 0.242 e. The summed E-state index contributed by atoms with van der Waals surface area (Å²) in [5.74, 6) is 0.382. The molecule has 0 aliphatic carbocycles. The summed E-state index contributed by atoms with van der Waals surface area (Å²) in [5.41, 5.74) is 1.70. The zero-order valence-electron chi connectivity index (χ0n) is 16.7. The Labute approximate surface area is 171 Å². The highest BCUT2D eigenvalue weighted by Crippen LogP contribution is 2.18. The molecule has 0 saturated carbocycles. The molecule has 0 radical (unpaired) electrons. The van der Waals surface area contributed by atoms with E-state index in [4.69, 9.17) is 16.3 Å². The fourth-order valence-corrected chi connectivity index (χ4v) is 3.09. The van der Waals surface area contributed by atoms with Gasteiger partial charge in [0.2, 0.25) is 11.8 Å². The third-order valence-electron chi connectivity index (χ3n) is 4.33. The van der Waals surface area contributed by atoms with Gasteiger partial charge in [-0.1, -0.05) is 35.9 Å². The molecule has 6 heteroatoms. The van der Waals surface area contributed by atoms with Gasteiger partial charge < -0.3 is 15.0 Å². The number of nitrogens with one attached hydrogen (secondary N) is 1. The largest absolute Gasteiger partial charge is 0.497 e. The van der Waals surface area contributed by atoms with Gasteiger partial charge in [0.1, 0.15) is 11.8 Å². The van der Waals surface area contributed by atoms with E-state index in [0.29, 0.717) is 17.3 Å². The molecular weight excluding hydrogens is 376 g/mol. The predicted octanol–water partition coefficient (Wildman–Crippen LogP) is 3.83. The van der Waals surface area contributed by atoms with Gasteiger partial charge in [0, 0.05) is 17.6 Å². The maximum atomic E-state index is 13.1. The molecule has 1 N–H and O–H groups in total. The van der Waals surface area contributed by atoms with E-state index in [1.54, 1.807) is 31.1 Å². The number of carbonyl (C=O) groups is 2. The number of methoxy groups -OCH3 is 1. The minimum atomic E-state index is -0.611. The van der Waals surface area contributed by atoms with Gasteiger partial charge in [-0.15, -0.1) is 0 Å². The Hall–Kier alpha value is -2.53. The predicted molar refractivity (Wildman–Crippen MR) is 111 cm³/mol. The van der Waals surface area contributed by atoms with E-state index in [1.807, 2.05) is 50.2 Å². The lowest BCUT2D eigenvalue weighted by Gasteiger charge is -2.29. The molecular formula is C22H27ClN2O3. The van der Waals surface area contributed by atoms with Crippen LogP contribution in [-0.2, 0) is 22.6 Å². The molecule has 0 unspecified atom stereocenters. The topological polar surface area (TPSA) is 58.6 Å². The third kappa shape index (κ3) is 6.27. The van der Waals surface area contributed by atoms with Crippen molar-refractivity contribution in [3.05, 3.63) is 64.7 Å². The molecule has 1 atom stereocenters. The molecule has 28 heavy (non-hydrogen) atoms. The summed E-state index contributed by atoms with van der Waals surface area (Å²) < 4.78 is 5.27. The molecule has 0 fully saturated rings.